The second-order valence-electron chi connectivity index (χ2n) is 9.33. The van der Waals surface area contributed by atoms with Crippen LogP contribution in [0.4, 0.5) is 5.69 Å². The summed E-state index contributed by atoms with van der Waals surface area (Å²) in [6.45, 7) is 8.20. The van der Waals surface area contributed by atoms with Gasteiger partial charge in [0.15, 0.2) is 0 Å². The van der Waals surface area contributed by atoms with Gasteiger partial charge in [-0.25, -0.2) is 0 Å². The number of unbranched alkanes of at least 4 members (excludes halogenated alkanes) is 1. The van der Waals surface area contributed by atoms with Gasteiger partial charge in [-0.05, 0) is 50.7 Å². The third-order valence-electron chi connectivity index (χ3n) is 7.41. The fourth-order valence-electron chi connectivity index (χ4n) is 6.15. The number of aliphatic carboxylic acids is 1. The molecule has 2 amide bonds. The van der Waals surface area contributed by atoms with Crippen LogP contribution in [0.2, 0.25) is 0 Å². The number of para-hydroxylation sites is 1. The molecule has 5 atom stereocenters. The number of hydrogen-bond acceptors (Lipinski definition) is 5. The van der Waals surface area contributed by atoms with E-state index in [1.165, 1.54) is 4.90 Å². The van der Waals surface area contributed by atoms with Crippen LogP contribution in [0.25, 0.3) is 0 Å². The minimum atomic E-state index is -1.14. The Bertz CT molecular complexity index is 957. The zero-order valence-corrected chi connectivity index (χ0v) is 19.2. The summed E-state index contributed by atoms with van der Waals surface area (Å²) in [5.41, 5.74) is 1.48. The highest BCUT2D eigenvalue weighted by Gasteiger charge is 2.74. The van der Waals surface area contributed by atoms with Crippen molar-refractivity contribution in [3.05, 3.63) is 42.0 Å². The van der Waals surface area contributed by atoms with E-state index < -0.39 is 35.6 Å². The van der Waals surface area contributed by atoms with Gasteiger partial charge in [0, 0.05) is 25.4 Å². The first-order valence-electron chi connectivity index (χ1n) is 11.6. The van der Waals surface area contributed by atoms with Gasteiger partial charge in [-0.3, -0.25) is 14.4 Å². The largest absolute Gasteiger partial charge is 0.481 e. The number of amides is 2. The lowest BCUT2D eigenvalue weighted by molar-refractivity contribution is -0.149. The van der Waals surface area contributed by atoms with Crippen LogP contribution in [0.1, 0.15) is 36.8 Å². The van der Waals surface area contributed by atoms with E-state index in [2.05, 4.69) is 6.58 Å². The molecular weight excluding hydrogens is 424 g/mol. The molecule has 2 bridgehead atoms. The third kappa shape index (κ3) is 3.56. The number of aliphatic hydroxyl groups is 1. The number of aliphatic hydroxyl groups excluding tert-OH is 1. The number of carbonyl (C=O) groups excluding carboxylic acids is 2. The average Bonchev–Trinajstić information content (AvgIpc) is 3.40. The molecule has 1 spiro atoms. The zero-order valence-electron chi connectivity index (χ0n) is 19.2. The van der Waals surface area contributed by atoms with E-state index in [-0.39, 0.29) is 31.5 Å². The van der Waals surface area contributed by atoms with Gasteiger partial charge in [-0.1, -0.05) is 24.3 Å². The Hall–Kier alpha value is -2.71. The first-order valence-corrected chi connectivity index (χ1v) is 11.6. The summed E-state index contributed by atoms with van der Waals surface area (Å²) in [6.07, 6.45) is 3.08. The minimum Gasteiger partial charge on any atom is -0.481 e. The van der Waals surface area contributed by atoms with E-state index >= 15 is 0 Å². The second-order valence-corrected chi connectivity index (χ2v) is 9.33. The molecule has 8 heteroatoms. The van der Waals surface area contributed by atoms with Gasteiger partial charge in [0.05, 0.1) is 17.9 Å². The molecule has 33 heavy (non-hydrogen) atoms. The normalized spacial score (nSPS) is 29.9. The Morgan fingerprint density at radius 2 is 2.00 bits per heavy atom. The summed E-state index contributed by atoms with van der Waals surface area (Å²) in [7, 11) is 0. The fourth-order valence-corrected chi connectivity index (χ4v) is 6.15. The topological polar surface area (TPSA) is 107 Å². The molecule has 4 rings (SSSR count). The molecule has 3 aliphatic rings. The maximum Gasteiger partial charge on any atom is 0.310 e. The van der Waals surface area contributed by atoms with Crippen molar-refractivity contribution in [2.75, 3.05) is 24.6 Å². The van der Waals surface area contributed by atoms with Crippen LogP contribution in [0.5, 0.6) is 0 Å². The van der Waals surface area contributed by atoms with Crippen molar-refractivity contribution in [3.63, 3.8) is 0 Å². The first kappa shape index (κ1) is 23.4. The van der Waals surface area contributed by atoms with Gasteiger partial charge in [0.2, 0.25) is 5.91 Å². The maximum absolute atomic E-state index is 14.2. The molecule has 0 aliphatic carbocycles. The highest BCUT2D eigenvalue weighted by Crippen LogP contribution is 2.58. The molecular formula is C25H32N2O6. The molecule has 178 valence electrons. The number of nitrogens with zero attached hydrogens (tertiary/aromatic N) is 2. The Labute approximate surface area is 193 Å². The Kier molecular flexibility index (Phi) is 6.33. The standard InChI is InChI=1S/C25H32N2O6/c1-4-12-26(20-15(2)8-7-9-16(20)3)23(30)21-25-11-10-17(33-25)18(24(31)32)19(25)22(29)27(21)13-5-6-14-28/h4,7-9,17-19,21,28H,1,5-6,10-14H2,2-3H3,(H,31,32)/t17-,18+,19+,21?,25?/m1/s1. The van der Waals surface area contributed by atoms with Gasteiger partial charge < -0.3 is 24.7 Å². The first-order chi connectivity index (χ1) is 15.8. The number of carbonyl (C=O) groups is 3. The summed E-state index contributed by atoms with van der Waals surface area (Å²) in [6, 6.07) is 4.88. The van der Waals surface area contributed by atoms with Crippen molar-refractivity contribution >= 4 is 23.5 Å². The summed E-state index contributed by atoms with van der Waals surface area (Å²) in [5.74, 6) is -3.49. The smallest absolute Gasteiger partial charge is 0.310 e. The molecule has 3 fully saturated rings. The fraction of sp³-hybridized carbons (Fsp3) is 0.560. The highest BCUT2D eigenvalue weighted by atomic mass is 16.5. The number of carboxylic acids is 1. The second kappa shape index (κ2) is 8.91. The molecule has 8 nitrogen and oxygen atoms in total. The Morgan fingerprint density at radius 3 is 2.61 bits per heavy atom. The molecule has 1 aromatic rings. The van der Waals surface area contributed by atoms with Crippen molar-refractivity contribution in [2.45, 2.75) is 57.3 Å². The SMILES string of the molecule is C=CCN(C(=O)C1N(CCCCO)C(=O)[C@@H]2[C@@H](C(=O)O)[C@H]3CCC12O3)c1c(C)cccc1C. The number of carboxylic acid groups (broad SMARTS) is 1. The van der Waals surface area contributed by atoms with Crippen molar-refractivity contribution in [3.8, 4) is 0 Å². The molecule has 3 saturated heterocycles. The molecule has 2 unspecified atom stereocenters. The van der Waals surface area contributed by atoms with Crippen LogP contribution in [0.15, 0.2) is 30.9 Å². The molecule has 0 radical (unpaired) electrons. The van der Waals surface area contributed by atoms with Crippen molar-refractivity contribution in [1.29, 1.82) is 0 Å². The van der Waals surface area contributed by atoms with E-state index in [1.54, 1.807) is 11.0 Å². The van der Waals surface area contributed by atoms with Gasteiger partial charge in [-0.15, -0.1) is 6.58 Å². The van der Waals surface area contributed by atoms with Gasteiger partial charge in [-0.2, -0.15) is 0 Å². The lowest BCUT2D eigenvalue weighted by atomic mass is 9.70. The van der Waals surface area contributed by atoms with Crippen LogP contribution in [-0.4, -0.2) is 70.3 Å². The molecule has 1 aromatic carbocycles. The van der Waals surface area contributed by atoms with Crippen LogP contribution >= 0.6 is 0 Å². The highest BCUT2D eigenvalue weighted by molar-refractivity contribution is 6.05. The zero-order chi connectivity index (χ0) is 23.9. The predicted molar refractivity (Wildman–Crippen MR) is 122 cm³/mol. The van der Waals surface area contributed by atoms with Crippen molar-refractivity contribution in [2.24, 2.45) is 11.8 Å². The summed E-state index contributed by atoms with van der Waals surface area (Å²) >= 11 is 0. The predicted octanol–water partition coefficient (Wildman–Crippen LogP) is 2.05. The van der Waals surface area contributed by atoms with Crippen molar-refractivity contribution in [1.82, 2.24) is 4.90 Å². The van der Waals surface area contributed by atoms with Gasteiger partial charge >= 0.3 is 5.97 Å². The average molecular weight is 457 g/mol. The van der Waals surface area contributed by atoms with E-state index in [0.29, 0.717) is 25.7 Å². The molecule has 0 aromatic heterocycles. The van der Waals surface area contributed by atoms with Crippen molar-refractivity contribution < 1.29 is 29.3 Å². The van der Waals surface area contributed by atoms with E-state index in [0.717, 1.165) is 16.8 Å². The number of hydrogen-bond donors (Lipinski definition) is 2. The number of benzene rings is 1. The molecule has 3 aliphatic heterocycles. The lowest BCUT2D eigenvalue weighted by Crippen LogP contribution is -2.56. The van der Waals surface area contributed by atoms with E-state index in [1.807, 2.05) is 32.0 Å². The Balaban J connectivity index is 1.79. The molecule has 3 heterocycles. The summed E-state index contributed by atoms with van der Waals surface area (Å²) in [5, 5.41) is 19.1. The van der Waals surface area contributed by atoms with Crippen LogP contribution < -0.4 is 4.90 Å². The summed E-state index contributed by atoms with van der Waals surface area (Å²) in [4.78, 5) is 43.1. The van der Waals surface area contributed by atoms with E-state index in [4.69, 9.17) is 4.74 Å². The van der Waals surface area contributed by atoms with E-state index in [9.17, 15) is 24.6 Å². The lowest BCUT2D eigenvalue weighted by Gasteiger charge is -2.37. The number of likely N-dealkylation sites (tertiary alicyclic amines) is 1. The Morgan fingerprint density at radius 1 is 1.30 bits per heavy atom. The quantitative estimate of drug-likeness (QED) is 0.435. The monoisotopic (exact) mass is 456 g/mol. The molecule has 0 saturated carbocycles. The van der Waals surface area contributed by atoms with Gasteiger partial charge in [0.1, 0.15) is 11.6 Å². The molecule has 2 N–H and O–H groups in total. The number of fused-ring (bicyclic) bond motifs is 1. The van der Waals surface area contributed by atoms with Gasteiger partial charge in [0.25, 0.3) is 5.91 Å². The number of rotatable bonds is 9. The minimum absolute atomic E-state index is 0.0173. The van der Waals surface area contributed by atoms with Crippen LogP contribution in [0, 0.1) is 25.7 Å². The third-order valence-corrected chi connectivity index (χ3v) is 7.41. The maximum atomic E-state index is 14.2. The van der Waals surface area contributed by atoms with Crippen LogP contribution in [0.3, 0.4) is 0 Å². The number of aryl methyl sites for hydroxylation is 2. The number of anilines is 1. The number of ether oxygens (including phenoxy) is 1. The summed E-state index contributed by atoms with van der Waals surface area (Å²) < 4.78 is 6.26. The van der Waals surface area contributed by atoms with Crippen LogP contribution in [-0.2, 0) is 19.1 Å².